The molecule has 2 rings (SSSR count). The fourth-order valence-electron chi connectivity index (χ4n) is 2.70. The number of rotatable bonds is 8. The van der Waals surface area contributed by atoms with Gasteiger partial charge in [0.05, 0.1) is 13.7 Å². The predicted molar refractivity (Wildman–Crippen MR) is 98.5 cm³/mol. The molecule has 6 heteroatoms. The molecule has 0 radical (unpaired) electrons. The molecule has 26 heavy (non-hydrogen) atoms. The van der Waals surface area contributed by atoms with E-state index >= 15 is 0 Å². The third-order valence-electron chi connectivity index (χ3n) is 4.00. The number of methoxy groups -OCH3 is 1. The fraction of sp³-hybridized carbons (Fsp3) is 0.300. The van der Waals surface area contributed by atoms with Gasteiger partial charge in [-0.15, -0.1) is 0 Å². The van der Waals surface area contributed by atoms with E-state index in [2.05, 4.69) is 5.32 Å². The van der Waals surface area contributed by atoms with Gasteiger partial charge in [0.1, 0.15) is 11.8 Å². The SMILES string of the molecule is COc1ccc(CN(C(C)=O)[C@@H](C(=O)NCCO)c2ccccc2)cc1. The molecule has 2 aromatic carbocycles. The lowest BCUT2D eigenvalue weighted by atomic mass is 10.0. The Morgan fingerprint density at radius 3 is 2.31 bits per heavy atom. The number of hydrogen-bond donors (Lipinski definition) is 2. The van der Waals surface area contributed by atoms with Crippen LogP contribution in [0.25, 0.3) is 0 Å². The van der Waals surface area contributed by atoms with E-state index in [9.17, 15) is 9.59 Å². The summed E-state index contributed by atoms with van der Waals surface area (Å²) in [6, 6.07) is 15.7. The fourth-order valence-corrected chi connectivity index (χ4v) is 2.70. The van der Waals surface area contributed by atoms with Gasteiger partial charge in [-0.1, -0.05) is 42.5 Å². The van der Waals surface area contributed by atoms with Crippen LogP contribution in [0.4, 0.5) is 0 Å². The quantitative estimate of drug-likeness (QED) is 0.757. The Bertz CT molecular complexity index is 716. The molecule has 0 bridgehead atoms. The highest BCUT2D eigenvalue weighted by molar-refractivity contribution is 5.88. The minimum atomic E-state index is -0.776. The summed E-state index contributed by atoms with van der Waals surface area (Å²) in [4.78, 5) is 26.6. The largest absolute Gasteiger partial charge is 0.497 e. The molecule has 0 heterocycles. The first-order valence-corrected chi connectivity index (χ1v) is 8.40. The average Bonchev–Trinajstić information content (AvgIpc) is 2.67. The first-order valence-electron chi connectivity index (χ1n) is 8.40. The average molecular weight is 356 g/mol. The van der Waals surface area contributed by atoms with Gasteiger partial charge < -0.3 is 20.1 Å². The number of carbonyl (C=O) groups excluding carboxylic acids is 2. The van der Waals surface area contributed by atoms with E-state index in [4.69, 9.17) is 9.84 Å². The molecule has 0 saturated heterocycles. The zero-order valence-corrected chi connectivity index (χ0v) is 15.0. The van der Waals surface area contributed by atoms with E-state index in [-0.39, 0.29) is 31.5 Å². The lowest BCUT2D eigenvalue weighted by Gasteiger charge is -2.30. The van der Waals surface area contributed by atoms with Crippen LogP contribution in [0.2, 0.25) is 0 Å². The number of benzene rings is 2. The number of carbonyl (C=O) groups is 2. The van der Waals surface area contributed by atoms with E-state index in [0.29, 0.717) is 5.56 Å². The molecular weight excluding hydrogens is 332 g/mol. The molecule has 0 saturated carbocycles. The monoisotopic (exact) mass is 356 g/mol. The van der Waals surface area contributed by atoms with Gasteiger partial charge in [0, 0.05) is 20.0 Å². The molecular formula is C20H24N2O4. The van der Waals surface area contributed by atoms with E-state index in [1.54, 1.807) is 7.11 Å². The van der Waals surface area contributed by atoms with E-state index in [0.717, 1.165) is 11.3 Å². The number of ether oxygens (including phenoxy) is 1. The molecule has 138 valence electrons. The Morgan fingerprint density at radius 2 is 1.77 bits per heavy atom. The lowest BCUT2D eigenvalue weighted by molar-refractivity contribution is -0.140. The molecule has 0 aliphatic rings. The summed E-state index contributed by atoms with van der Waals surface area (Å²) >= 11 is 0. The number of nitrogens with one attached hydrogen (secondary N) is 1. The molecule has 0 aliphatic heterocycles. The highest BCUT2D eigenvalue weighted by Crippen LogP contribution is 2.24. The maximum atomic E-state index is 12.7. The van der Waals surface area contributed by atoms with Crippen molar-refractivity contribution in [3.8, 4) is 5.75 Å². The zero-order valence-electron chi connectivity index (χ0n) is 15.0. The maximum Gasteiger partial charge on any atom is 0.247 e. The summed E-state index contributed by atoms with van der Waals surface area (Å²) < 4.78 is 5.15. The summed E-state index contributed by atoms with van der Waals surface area (Å²) in [5, 5.41) is 11.7. The highest BCUT2D eigenvalue weighted by atomic mass is 16.5. The van der Waals surface area contributed by atoms with Gasteiger partial charge in [-0.2, -0.15) is 0 Å². The molecule has 0 aliphatic carbocycles. The number of nitrogens with zero attached hydrogens (tertiary/aromatic N) is 1. The third kappa shape index (κ3) is 5.07. The van der Waals surface area contributed by atoms with Gasteiger partial charge in [-0.3, -0.25) is 9.59 Å². The summed E-state index contributed by atoms with van der Waals surface area (Å²) in [6.07, 6.45) is 0. The molecule has 0 aromatic heterocycles. The van der Waals surface area contributed by atoms with Crippen LogP contribution < -0.4 is 10.1 Å². The Balaban J connectivity index is 2.32. The van der Waals surface area contributed by atoms with Crippen LogP contribution in [0.1, 0.15) is 24.1 Å². The Hall–Kier alpha value is -2.86. The van der Waals surface area contributed by atoms with E-state index < -0.39 is 6.04 Å². The minimum Gasteiger partial charge on any atom is -0.497 e. The van der Waals surface area contributed by atoms with Crippen molar-refractivity contribution in [1.29, 1.82) is 0 Å². The number of aliphatic hydroxyl groups excluding tert-OH is 1. The minimum absolute atomic E-state index is 0.135. The topological polar surface area (TPSA) is 78.9 Å². The first kappa shape index (κ1) is 19.5. The van der Waals surface area contributed by atoms with Crippen molar-refractivity contribution in [2.75, 3.05) is 20.3 Å². The molecule has 6 nitrogen and oxygen atoms in total. The number of aliphatic hydroxyl groups is 1. The number of amides is 2. The second-order valence-electron chi connectivity index (χ2n) is 5.82. The van der Waals surface area contributed by atoms with Gasteiger partial charge >= 0.3 is 0 Å². The normalized spacial score (nSPS) is 11.5. The van der Waals surface area contributed by atoms with Crippen LogP contribution in [-0.4, -0.2) is 42.1 Å². The second kappa shape index (κ2) is 9.58. The summed E-state index contributed by atoms with van der Waals surface area (Å²) in [6.45, 7) is 1.70. The van der Waals surface area contributed by atoms with Crippen LogP contribution in [-0.2, 0) is 16.1 Å². The van der Waals surface area contributed by atoms with Gasteiger partial charge in [0.2, 0.25) is 11.8 Å². The molecule has 2 N–H and O–H groups in total. The van der Waals surface area contributed by atoms with E-state index in [1.807, 2.05) is 54.6 Å². The van der Waals surface area contributed by atoms with Crippen LogP contribution in [0.5, 0.6) is 5.75 Å². The second-order valence-corrected chi connectivity index (χ2v) is 5.82. The van der Waals surface area contributed by atoms with Crippen LogP contribution >= 0.6 is 0 Å². The van der Waals surface area contributed by atoms with Crippen molar-refractivity contribution in [2.45, 2.75) is 19.5 Å². The molecule has 0 spiro atoms. The zero-order chi connectivity index (χ0) is 18.9. The Kier molecular flexibility index (Phi) is 7.17. The number of hydrogen-bond acceptors (Lipinski definition) is 4. The lowest BCUT2D eigenvalue weighted by Crippen LogP contribution is -2.43. The van der Waals surface area contributed by atoms with Crippen molar-refractivity contribution < 1.29 is 19.4 Å². The van der Waals surface area contributed by atoms with Crippen molar-refractivity contribution in [1.82, 2.24) is 10.2 Å². The predicted octanol–water partition coefficient (Wildman–Crippen LogP) is 1.89. The third-order valence-corrected chi connectivity index (χ3v) is 4.00. The maximum absolute atomic E-state index is 12.7. The molecule has 1 atom stereocenters. The summed E-state index contributed by atoms with van der Waals surface area (Å²) in [5.41, 5.74) is 1.60. The molecule has 0 fully saturated rings. The summed E-state index contributed by atoms with van der Waals surface area (Å²) in [5.74, 6) is 0.186. The van der Waals surface area contributed by atoms with Crippen LogP contribution in [0, 0.1) is 0 Å². The van der Waals surface area contributed by atoms with Gasteiger partial charge in [-0.25, -0.2) is 0 Å². The molecule has 0 unspecified atom stereocenters. The van der Waals surface area contributed by atoms with Crippen molar-refractivity contribution in [2.24, 2.45) is 0 Å². The first-order chi connectivity index (χ1) is 12.6. The Morgan fingerprint density at radius 1 is 1.12 bits per heavy atom. The van der Waals surface area contributed by atoms with Crippen LogP contribution in [0.3, 0.4) is 0 Å². The molecule has 2 aromatic rings. The van der Waals surface area contributed by atoms with Gasteiger partial charge in [0.25, 0.3) is 0 Å². The van der Waals surface area contributed by atoms with Crippen LogP contribution in [0.15, 0.2) is 54.6 Å². The van der Waals surface area contributed by atoms with E-state index in [1.165, 1.54) is 11.8 Å². The Labute approximate surface area is 153 Å². The molecule has 2 amide bonds. The smallest absolute Gasteiger partial charge is 0.247 e. The van der Waals surface area contributed by atoms with Gasteiger partial charge in [-0.05, 0) is 23.3 Å². The van der Waals surface area contributed by atoms with Crippen molar-refractivity contribution in [3.05, 3.63) is 65.7 Å². The van der Waals surface area contributed by atoms with Crippen molar-refractivity contribution >= 4 is 11.8 Å². The van der Waals surface area contributed by atoms with Crippen molar-refractivity contribution in [3.63, 3.8) is 0 Å². The summed E-state index contributed by atoms with van der Waals surface area (Å²) in [7, 11) is 1.59. The highest BCUT2D eigenvalue weighted by Gasteiger charge is 2.29. The van der Waals surface area contributed by atoms with Gasteiger partial charge in [0.15, 0.2) is 0 Å². The standard InChI is InChI=1S/C20H24N2O4/c1-15(24)22(14-16-8-10-18(26-2)11-9-16)19(20(25)21-12-13-23)17-6-4-3-5-7-17/h3-11,19,23H,12-14H2,1-2H3,(H,21,25)/t19-/m1/s1.